The van der Waals surface area contributed by atoms with Crippen molar-refractivity contribution >= 4 is 46.7 Å². The second-order valence-electron chi connectivity index (χ2n) is 3.00. The average Bonchev–Trinajstić information content (AvgIpc) is 2.30. The lowest BCUT2D eigenvalue weighted by Crippen LogP contribution is -2.30. The highest BCUT2D eigenvalue weighted by Gasteiger charge is 2.14. The first-order valence-corrected chi connectivity index (χ1v) is 5.58. The van der Waals surface area contributed by atoms with Crippen LogP contribution in [-0.2, 0) is 9.53 Å². The zero-order chi connectivity index (χ0) is 13.0. The van der Waals surface area contributed by atoms with Crippen LogP contribution in [0.25, 0.3) is 0 Å². The lowest BCUT2D eigenvalue weighted by atomic mass is 10.2. The van der Waals surface area contributed by atoms with E-state index in [1.807, 2.05) is 0 Å². The van der Waals surface area contributed by atoms with Crippen LogP contribution in [0.4, 0.5) is 0 Å². The number of rotatable bonds is 3. The second-order valence-corrected chi connectivity index (χ2v) is 4.23. The van der Waals surface area contributed by atoms with Crippen molar-refractivity contribution in [2.24, 2.45) is 0 Å². The van der Waals surface area contributed by atoms with E-state index >= 15 is 0 Å². The summed E-state index contributed by atoms with van der Waals surface area (Å²) in [5.74, 6) is -1.09. The maximum atomic E-state index is 11.6. The van der Waals surface area contributed by atoms with Crippen molar-refractivity contribution in [2.75, 3.05) is 13.7 Å². The molecule has 0 aliphatic carbocycles. The molecule has 1 rings (SSSR count). The third kappa shape index (κ3) is 3.77. The molecule has 7 heteroatoms. The molecule has 0 radical (unpaired) electrons. The summed E-state index contributed by atoms with van der Waals surface area (Å²) in [6.07, 6.45) is 0. The van der Waals surface area contributed by atoms with Crippen LogP contribution in [0.1, 0.15) is 10.4 Å². The minimum Gasteiger partial charge on any atom is -0.468 e. The number of ether oxygens (including phenoxy) is 1. The number of benzene rings is 1. The minimum atomic E-state index is -0.561. The lowest BCUT2D eigenvalue weighted by Gasteiger charge is -2.07. The summed E-state index contributed by atoms with van der Waals surface area (Å²) in [6, 6.07) is 2.69. The number of carbonyl (C=O) groups excluding carboxylic acids is 2. The molecule has 0 saturated carbocycles. The van der Waals surface area contributed by atoms with Crippen molar-refractivity contribution in [1.29, 1.82) is 0 Å². The summed E-state index contributed by atoms with van der Waals surface area (Å²) in [5.41, 5.74) is 0.143. The van der Waals surface area contributed by atoms with Crippen LogP contribution in [0.3, 0.4) is 0 Å². The monoisotopic (exact) mass is 295 g/mol. The van der Waals surface area contributed by atoms with E-state index in [9.17, 15) is 9.59 Å². The Labute approximate surface area is 113 Å². The fourth-order valence-electron chi connectivity index (χ4n) is 1.02. The zero-order valence-corrected chi connectivity index (χ0v) is 11.0. The number of nitrogens with one attached hydrogen (secondary N) is 1. The standard InChI is InChI=1S/C10H8Cl3NO3/c1-17-9(15)4-14-10(16)5-2-7(12)8(13)3-6(5)11/h2-3H,4H2,1H3,(H,14,16). The Balaban J connectivity index is 2.82. The maximum absolute atomic E-state index is 11.6. The van der Waals surface area contributed by atoms with E-state index in [1.54, 1.807) is 0 Å². The van der Waals surface area contributed by atoms with Crippen LogP contribution >= 0.6 is 34.8 Å². The van der Waals surface area contributed by atoms with Gasteiger partial charge in [0.2, 0.25) is 0 Å². The molecular formula is C10H8Cl3NO3. The van der Waals surface area contributed by atoms with Crippen molar-refractivity contribution in [2.45, 2.75) is 0 Å². The van der Waals surface area contributed by atoms with Gasteiger partial charge in [0.05, 0.1) is 27.7 Å². The van der Waals surface area contributed by atoms with Gasteiger partial charge in [-0.05, 0) is 12.1 Å². The molecule has 0 spiro atoms. The fourth-order valence-corrected chi connectivity index (χ4v) is 1.65. The third-order valence-electron chi connectivity index (χ3n) is 1.88. The number of esters is 1. The number of amides is 1. The van der Waals surface area contributed by atoms with Crippen LogP contribution in [0, 0.1) is 0 Å². The van der Waals surface area contributed by atoms with Crippen LogP contribution in [0.5, 0.6) is 0 Å². The molecule has 92 valence electrons. The number of hydrogen-bond donors (Lipinski definition) is 1. The Morgan fingerprint density at radius 3 is 2.35 bits per heavy atom. The molecule has 1 amide bonds. The van der Waals surface area contributed by atoms with Gasteiger partial charge in [-0.15, -0.1) is 0 Å². The Kier molecular flexibility index (Phi) is 5.05. The highest BCUT2D eigenvalue weighted by atomic mass is 35.5. The van der Waals surface area contributed by atoms with Gasteiger partial charge < -0.3 is 10.1 Å². The molecule has 0 heterocycles. The molecule has 0 aliphatic rings. The molecule has 1 aromatic rings. The zero-order valence-electron chi connectivity index (χ0n) is 8.72. The highest BCUT2D eigenvalue weighted by molar-refractivity contribution is 6.44. The summed E-state index contributed by atoms with van der Waals surface area (Å²) in [5, 5.41) is 2.95. The SMILES string of the molecule is COC(=O)CNC(=O)c1cc(Cl)c(Cl)cc1Cl. The normalized spacial score (nSPS) is 9.88. The van der Waals surface area contributed by atoms with E-state index in [1.165, 1.54) is 19.2 Å². The number of hydrogen-bond acceptors (Lipinski definition) is 3. The van der Waals surface area contributed by atoms with Crippen LogP contribution < -0.4 is 5.32 Å². The van der Waals surface area contributed by atoms with E-state index in [4.69, 9.17) is 34.8 Å². The van der Waals surface area contributed by atoms with Gasteiger partial charge in [0.1, 0.15) is 6.54 Å². The van der Waals surface area contributed by atoms with Crippen LogP contribution in [0.15, 0.2) is 12.1 Å². The molecule has 0 aliphatic heterocycles. The Hall–Kier alpha value is -0.970. The molecule has 1 aromatic carbocycles. The van der Waals surface area contributed by atoms with Crippen molar-refractivity contribution in [3.63, 3.8) is 0 Å². The van der Waals surface area contributed by atoms with E-state index in [0.717, 1.165) is 0 Å². The van der Waals surface area contributed by atoms with Gasteiger partial charge in [0.15, 0.2) is 0 Å². The summed E-state index contributed by atoms with van der Waals surface area (Å²) < 4.78 is 4.38. The summed E-state index contributed by atoms with van der Waals surface area (Å²) >= 11 is 17.3. The third-order valence-corrected chi connectivity index (χ3v) is 2.91. The number of carbonyl (C=O) groups is 2. The van der Waals surface area contributed by atoms with Crippen LogP contribution in [0.2, 0.25) is 15.1 Å². The van der Waals surface area contributed by atoms with Crippen molar-refractivity contribution in [3.05, 3.63) is 32.8 Å². The molecule has 1 N–H and O–H groups in total. The molecular weight excluding hydrogens is 288 g/mol. The Bertz CT molecular complexity index is 462. The minimum absolute atomic E-state index is 0.143. The summed E-state index contributed by atoms with van der Waals surface area (Å²) in [4.78, 5) is 22.5. The Morgan fingerprint density at radius 1 is 1.18 bits per heavy atom. The van der Waals surface area contributed by atoms with Gasteiger partial charge in [-0.1, -0.05) is 34.8 Å². The first kappa shape index (κ1) is 14.1. The first-order chi connectivity index (χ1) is 7.95. The van der Waals surface area contributed by atoms with E-state index in [2.05, 4.69) is 10.1 Å². The van der Waals surface area contributed by atoms with Crippen molar-refractivity contribution in [1.82, 2.24) is 5.32 Å². The lowest BCUT2D eigenvalue weighted by molar-refractivity contribution is -0.139. The molecule has 0 unspecified atom stereocenters. The van der Waals surface area contributed by atoms with Gasteiger partial charge >= 0.3 is 5.97 Å². The second kappa shape index (κ2) is 6.10. The summed E-state index contributed by atoms with van der Waals surface area (Å²) in [6.45, 7) is -0.244. The van der Waals surface area contributed by atoms with Gasteiger partial charge in [-0.3, -0.25) is 9.59 Å². The van der Waals surface area contributed by atoms with Crippen LogP contribution in [-0.4, -0.2) is 25.5 Å². The number of halogens is 3. The topological polar surface area (TPSA) is 55.4 Å². The fraction of sp³-hybridized carbons (Fsp3) is 0.200. The predicted octanol–water partition coefficient (Wildman–Crippen LogP) is 2.55. The highest BCUT2D eigenvalue weighted by Crippen LogP contribution is 2.28. The molecule has 0 saturated heterocycles. The molecule has 0 bridgehead atoms. The molecule has 17 heavy (non-hydrogen) atoms. The number of methoxy groups -OCH3 is 1. The van der Waals surface area contributed by atoms with E-state index in [0.29, 0.717) is 0 Å². The van der Waals surface area contributed by atoms with Gasteiger partial charge in [-0.25, -0.2) is 0 Å². The summed E-state index contributed by atoms with van der Waals surface area (Å²) in [7, 11) is 1.22. The van der Waals surface area contributed by atoms with Crippen molar-refractivity contribution < 1.29 is 14.3 Å². The Morgan fingerprint density at radius 2 is 1.76 bits per heavy atom. The van der Waals surface area contributed by atoms with Gasteiger partial charge in [0, 0.05) is 0 Å². The van der Waals surface area contributed by atoms with E-state index in [-0.39, 0.29) is 27.2 Å². The van der Waals surface area contributed by atoms with Gasteiger partial charge in [0.25, 0.3) is 5.91 Å². The van der Waals surface area contributed by atoms with E-state index < -0.39 is 11.9 Å². The quantitative estimate of drug-likeness (QED) is 0.689. The molecule has 0 aromatic heterocycles. The first-order valence-electron chi connectivity index (χ1n) is 4.45. The maximum Gasteiger partial charge on any atom is 0.325 e. The molecule has 4 nitrogen and oxygen atoms in total. The van der Waals surface area contributed by atoms with Gasteiger partial charge in [-0.2, -0.15) is 0 Å². The molecule has 0 atom stereocenters. The molecule has 0 fully saturated rings. The average molecular weight is 297 g/mol. The van der Waals surface area contributed by atoms with Crippen molar-refractivity contribution in [3.8, 4) is 0 Å². The predicted molar refractivity (Wildman–Crippen MR) is 65.8 cm³/mol. The largest absolute Gasteiger partial charge is 0.468 e. The smallest absolute Gasteiger partial charge is 0.325 e.